The van der Waals surface area contributed by atoms with Crippen molar-refractivity contribution < 1.29 is 9.00 Å². The third-order valence-corrected chi connectivity index (χ3v) is 3.05. The normalized spacial score (nSPS) is 10.6. The molecule has 0 fully saturated rings. The molecule has 1 heterocycles. The number of aromatic nitrogens is 1. The predicted molar refractivity (Wildman–Crippen MR) is 54.0 cm³/mol. The first-order valence-electron chi connectivity index (χ1n) is 3.42. The van der Waals surface area contributed by atoms with E-state index < -0.39 is 10.8 Å². The first-order chi connectivity index (χ1) is 6.47. The van der Waals surface area contributed by atoms with Crippen LogP contribution >= 0.6 is 11.3 Å². The number of thiazole rings is 1. The molecule has 0 aliphatic heterocycles. The minimum absolute atomic E-state index is 0.333. The molecule has 0 saturated carbocycles. The highest BCUT2D eigenvalue weighted by atomic mass is 32.2. The Kier molecular flexibility index (Phi) is 5.67. The van der Waals surface area contributed by atoms with Crippen molar-refractivity contribution in [3.8, 4) is 6.07 Å². The SMILES string of the molecule is CC(N)=O.CS(=O)c1nc(C#N)cs1. The molecule has 1 rings (SSSR count). The van der Waals surface area contributed by atoms with Crippen LogP contribution in [-0.2, 0) is 15.6 Å². The van der Waals surface area contributed by atoms with Gasteiger partial charge in [0.1, 0.15) is 6.07 Å². The summed E-state index contributed by atoms with van der Waals surface area (Å²) in [6.07, 6.45) is 1.54. The van der Waals surface area contributed by atoms with Crippen LogP contribution in [0.1, 0.15) is 12.6 Å². The van der Waals surface area contributed by atoms with Crippen LogP contribution < -0.4 is 5.73 Å². The third-order valence-electron chi connectivity index (χ3n) is 0.844. The molecular formula is C7H9N3O2S2. The van der Waals surface area contributed by atoms with E-state index in [1.54, 1.807) is 11.6 Å². The van der Waals surface area contributed by atoms with Gasteiger partial charge in [0, 0.05) is 18.6 Å². The van der Waals surface area contributed by atoms with E-state index in [1.165, 1.54) is 18.3 Å². The summed E-state index contributed by atoms with van der Waals surface area (Å²) < 4.78 is 11.2. The van der Waals surface area contributed by atoms with Gasteiger partial charge in [-0.3, -0.25) is 9.00 Å². The Bertz CT molecular complexity index is 377. The second-order valence-electron chi connectivity index (χ2n) is 2.18. The fraction of sp³-hybridized carbons (Fsp3) is 0.286. The number of nitriles is 1. The molecular weight excluding hydrogens is 222 g/mol. The van der Waals surface area contributed by atoms with Crippen molar-refractivity contribution >= 4 is 28.0 Å². The lowest BCUT2D eigenvalue weighted by molar-refractivity contribution is -0.115. The number of carbonyl (C=O) groups is 1. The number of rotatable bonds is 1. The van der Waals surface area contributed by atoms with Crippen LogP contribution in [0.3, 0.4) is 0 Å². The van der Waals surface area contributed by atoms with Gasteiger partial charge >= 0.3 is 0 Å². The molecule has 2 N–H and O–H groups in total. The van der Waals surface area contributed by atoms with Crippen LogP contribution in [0.15, 0.2) is 9.72 Å². The van der Waals surface area contributed by atoms with Crippen molar-refractivity contribution in [1.29, 1.82) is 5.26 Å². The number of nitrogens with two attached hydrogens (primary N) is 1. The second kappa shape index (κ2) is 6.23. The van der Waals surface area contributed by atoms with E-state index in [9.17, 15) is 9.00 Å². The molecule has 0 radical (unpaired) electrons. The number of carbonyl (C=O) groups excluding carboxylic acids is 1. The van der Waals surface area contributed by atoms with Gasteiger partial charge in [0.25, 0.3) is 0 Å². The average molecular weight is 231 g/mol. The summed E-state index contributed by atoms with van der Waals surface area (Å²) in [5.74, 6) is -0.333. The van der Waals surface area contributed by atoms with Gasteiger partial charge in [-0.15, -0.1) is 11.3 Å². The maximum absolute atomic E-state index is 10.7. The fourth-order valence-electron chi connectivity index (χ4n) is 0.441. The van der Waals surface area contributed by atoms with Gasteiger partial charge in [-0.05, 0) is 0 Å². The van der Waals surface area contributed by atoms with Crippen LogP contribution in [0.4, 0.5) is 0 Å². The van der Waals surface area contributed by atoms with E-state index in [1.807, 2.05) is 6.07 Å². The Balaban J connectivity index is 0.000000364. The zero-order chi connectivity index (χ0) is 11.1. The lowest BCUT2D eigenvalue weighted by atomic mass is 10.6. The maximum atomic E-state index is 10.7. The standard InChI is InChI=1S/C5H4N2OS2.C2H5NO/c1-10(8)5-7-4(2-6)3-9-5;1-2(3)4/h3H,1H3;1H3,(H2,3,4). The number of primary amides is 1. The van der Waals surface area contributed by atoms with Gasteiger partial charge in [0.2, 0.25) is 5.91 Å². The number of amides is 1. The zero-order valence-electron chi connectivity index (χ0n) is 7.68. The van der Waals surface area contributed by atoms with Gasteiger partial charge in [0.05, 0.1) is 10.8 Å². The van der Waals surface area contributed by atoms with Gasteiger partial charge in [-0.1, -0.05) is 0 Å². The van der Waals surface area contributed by atoms with Gasteiger partial charge in [-0.2, -0.15) is 5.26 Å². The molecule has 76 valence electrons. The van der Waals surface area contributed by atoms with Crippen LogP contribution in [0, 0.1) is 11.3 Å². The van der Waals surface area contributed by atoms with Crippen molar-refractivity contribution in [2.24, 2.45) is 5.73 Å². The number of hydrogen-bond acceptors (Lipinski definition) is 5. The van der Waals surface area contributed by atoms with Crippen molar-refractivity contribution in [3.05, 3.63) is 11.1 Å². The molecule has 1 unspecified atom stereocenters. The Morgan fingerprint density at radius 3 is 2.50 bits per heavy atom. The number of nitrogens with zero attached hydrogens (tertiary/aromatic N) is 2. The predicted octanol–water partition coefficient (Wildman–Crippen LogP) is 0.244. The molecule has 1 aromatic rings. The quantitative estimate of drug-likeness (QED) is 0.748. The van der Waals surface area contributed by atoms with Gasteiger partial charge < -0.3 is 5.73 Å². The lowest BCUT2D eigenvalue weighted by Gasteiger charge is -1.80. The molecule has 1 atom stereocenters. The van der Waals surface area contributed by atoms with E-state index in [0.29, 0.717) is 10.0 Å². The topological polar surface area (TPSA) is 96.8 Å². The minimum atomic E-state index is -1.05. The molecule has 14 heavy (non-hydrogen) atoms. The Morgan fingerprint density at radius 1 is 1.79 bits per heavy atom. The Morgan fingerprint density at radius 2 is 2.29 bits per heavy atom. The van der Waals surface area contributed by atoms with E-state index >= 15 is 0 Å². The highest BCUT2D eigenvalue weighted by Gasteiger charge is 2.02. The molecule has 0 saturated heterocycles. The zero-order valence-corrected chi connectivity index (χ0v) is 9.32. The fourth-order valence-corrected chi connectivity index (χ4v) is 1.82. The molecule has 0 aliphatic carbocycles. The second-order valence-corrected chi connectivity index (χ2v) is 4.59. The molecule has 0 aliphatic rings. The van der Waals surface area contributed by atoms with Crippen molar-refractivity contribution in [1.82, 2.24) is 4.98 Å². The lowest BCUT2D eigenvalue weighted by Crippen LogP contribution is -2.01. The van der Waals surface area contributed by atoms with Crippen LogP contribution in [0.5, 0.6) is 0 Å². The van der Waals surface area contributed by atoms with Crippen molar-refractivity contribution in [2.75, 3.05) is 6.26 Å². The monoisotopic (exact) mass is 231 g/mol. The highest BCUT2D eigenvalue weighted by molar-refractivity contribution is 7.86. The van der Waals surface area contributed by atoms with E-state index in [4.69, 9.17) is 5.26 Å². The summed E-state index contributed by atoms with van der Waals surface area (Å²) in [4.78, 5) is 13.0. The molecule has 1 amide bonds. The summed E-state index contributed by atoms with van der Waals surface area (Å²) in [7, 11) is -1.05. The summed E-state index contributed by atoms with van der Waals surface area (Å²) in [6.45, 7) is 1.31. The van der Waals surface area contributed by atoms with Crippen LogP contribution in [0.25, 0.3) is 0 Å². The van der Waals surface area contributed by atoms with E-state index in [2.05, 4.69) is 10.7 Å². The Labute approximate surface area is 88.0 Å². The number of hydrogen-bond donors (Lipinski definition) is 1. The molecule has 1 aromatic heterocycles. The van der Waals surface area contributed by atoms with Crippen molar-refractivity contribution in [3.63, 3.8) is 0 Å². The van der Waals surface area contributed by atoms with Gasteiger partial charge in [-0.25, -0.2) is 4.98 Å². The third kappa shape index (κ3) is 5.40. The summed E-state index contributed by atoms with van der Waals surface area (Å²) in [5.41, 5.74) is 4.82. The molecule has 7 heteroatoms. The Hall–Kier alpha value is -1.26. The molecule has 5 nitrogen and oxygen atoms in total. The first kappa shape index (κ1) is 12.7. The van der Waals surface area contributed by atoms with Crippen LogP contribution in [0.2, 0.25) is 0 Å². The largest absolute Gasteiger partial charge is 0.370 e. The van der Waals surface area contributed by atoms with E-state index in [0.717, 1.165) is 0 Å². The summed E-state index contributed by atoms with van der Waals surface area (Å²) in [6, 6.07) is 1.87. The highest BCUT2D eigenvalue weighted by Crippen LogP contribution is 2.11. The molecule has 0 spiro atoms. The van der Waals surface area contributed by atoms with Crippen LogP contribution in [-0.4, -0.2) is 21.4 Å². The smallest absolute Gasteiger partial charge is 0.214 e. The summed E-state index contributed by atoms with van der Waals surface area (Å²) >= 11 is 1.25. The van der Waals surface area contributed by atoms with Gasteiger partial charge in [0.15, 0.2) is 10.0 Å². The van der Waals surface area contributed by atoms with Crippen molar-refractivity contribution in [2.45, 2.75) is 11.3 Å². The average Bonchev–Trinajstić information content (AvgIpc) is 2.50. The maximum Gasteiger partial charge on any atom is 0.214 e. The van der Waals surface area contributed by atoms with E-state index in [-0.39, 0.29) is 5.91 Å². The molecule has 0 bridgehead atoms. The minimum Gasteiger partial charge on any atom is -0.370 e. The first-order valence-corrected chi connectivity index (χ1v) is 5.86. The summed E-state index contributed by atoms with van der Waals surface area (Å²) in [5, 5.41) is 9.92. The molecule has 0 aromatic carbocycles.